The van der Waals surface area contributed by atoms with Crippen LogP contribution in [0.3, 0.4) is 0 Å². The van der Waals surface area contributed by atoms with E-state index in [4.69, 9.17) is 9.47 Å². The Hall–Kier alpha value is -0.330. The molecule has 17 heavy (non-hydrogen) atoms. The number of hydrogen-bond acceptors (Lipinski definition) is 3. The van der Waals surface area contributed by atoms with E-state index in [0.717, 1.165) is 19.5 Å². The van der Waals surface area contributed by atoms with Gasteiger partial charge in [-0.15, -0.1) is 0 Å². The third kappa shape index (κ3) is 4.12. The summed E-state index contributed by atoms with van der Waals surface area (Å²) in [5.74, 6) is 0.0502. The van der Waals surface area contributed by atoms with Crippen molar-refractivity contribution in [1.82, 2.24) is 0 Å². The highest BCUT2D eigenvalue weighted by Gasteiger charge is 2.13. The minimum absolute atomic E-state index is 0.523. The topological polar surface area (TPSA) is 35.5 Å². The molecule has 92 valence electrons. The molecule has 1 unspecified atom stereocenters. The number of ether oxygens (including phenoxy) is 2. The average Bonchev–Trinajstić information content (AvgIpc) is 2.29. The number of halogens is 3. The van der Waals surface area contributed by atoms with Crippen molar-refractivity contribution in [3.63, 3.8) is 0 Å². The minimum atomic E-state index is -0.690. The molecule has 0 saturated heterocycles. The molecule has 6 heteroatoms. The van der Waals surface area contributed by atoms with E-state index in [2.05, 4.69) is 54.4 Å². The molecule has 1 aromatic carbocycles. The number of hydrogen-bond donors (Lipinski definition) is 0. The van der Waals surface area contributed by atoms with Gasteiger partial charge in [0, 0.05) is 21.9 Å². The van der Waals surface area contributed by atoms with Gasteiger partial charge in [0.15, 0.2) is 0 Å². The second-order valence-electron chi connectivity index (χ2n) is 3.00. The Labute approximate surface area is 125 Å². The molecule has 1 atom stereocenters. The first-order valence-corrected chi connectivity index (χ1v) is 6.96. The molecule has 0 aliphatic carbocycles. The van der Waals surface area contributed by atoms with E-state index >= 15 is 0 Å². The van der Waals surface area contributed by atoms with Gasteiger partial charge in [-0.25, -0.2) is 4.79 Å². The first-order valence-electron chi connectivity index (χ1n) is 4.59. The molecule has 0 aliphatic heterocycles. The van der Waals surface area contributed by atoms with Gasteiger partial charge in [-0.2, -0.15) is 0 Å². The van der Waals surface area contributed by atoms with Crippen molar-refractivity contribution in [3.8, 4) is 5.75 Å². The van der Waals surface area contributed by atoms with Crippen LogP contribution in [0, 0.1) is 0 Å². The molecular weight excluding hydrogens is 420 g/mol. The maximum absolute atomic E-state index is 11.0. The summed E-state index contributed by atoms with van der Waals surface area (Å²) in [5.41, 5.74) is 0. The summed E-state index contributed by atoms with van der Waals surface area (Å²) in [4.78, 5) is 11.0. The summed E-state index contributed by atoms with van der Waals surface area (Å²) >= 11 is 10.1. The van der Waals surface area contributed by atoms with Gasteiger partial charge in [0.2, 0.25) is 6.29 Å². The van der Waals surface area contributed by atoms with Crippen LogP contribution in [0.25, 0.3) is 0 Å². The van der Waals surface area contributed by atoms with E-state index < -0.39 is 12.3 Å². The van der Waals surface area contributed by atoms with Gasteiger partial charge in [-0.3, -0.25) is 0 Å². The van der Waals surface area contributed by atoms with Crippen LogP contribution in [0.1, 0.15) is 6.92 Å². The van der Waals surface area contributed by atoms with Crippen LogP contribution < -0.4 is 4.74 Å². The molecule has 0 bridgehead atoms. The predicted octanol–water partition coefficient (Wildman–Crippen LogP) is 4.43. The third-order valence-electron chi connectivity index (χ3n) is 1.74. The third-order valence-corrected chi connectivity index (χ3v) is 5.08. The van der Waals surface area contributed by atoms with E-state index in [1.807, 2.05) is 6.07 Å². The number of esters is 1. The number of carbonyl (C=O) groups is 1. The molecular formula is C11H9Br3O3. The highest BCUT2D eigenvalue weighted by Crippen LogP contribution is 2.38. The van der Waals surface area contributed by atoms with Crippen molar-refractivity contribution in [2.75, 3.05) is 0 Å². The molecule has 0 spiro atoms. The van der Waals surface area contributed by atoms with Crippen LogP contribution >= 0.6 is 47.8 Å². The van der Waals surface area contributed by atoms with Crippen LogP contribution in [0.15, 0.2) is 38.2 Å². The second kappa shape index (κ2) is 6.56. The summed E-state index contributed by atoms with van der Waals surface area (Å²) in [7, 11) is 0. The summed E-state index contributed by atoms with van der Waals surface area (Å²) in [6, 6.07) is 3.59. The quantitative estimate of drug-likeness (QED) is 0.308. The van der Waals surface area contributed by atoms with Crippen LogP contribution in [0.5, 0.6) is 5.75 Å². The minimum Gasteiger partial charge on any atom is -0.454 e. The van der Waals surface area contributed by atoms with E-state index in [1.54, 1.807) is 13.0 Å². The van der Waals surface area contributed by atoms with Crippen molar-refractivity contribution in [2.24, 2.45) is 0 Å². The molecule has 0 aliphatic rings. The first kappa shape index (κ1) is 14.7. The zero-order valence-electron chi connectivity index (χ0n) is 8.88. The van der Waals surface area contributed by atoms with Gasteiger partial charge >= 0.3 is 5.97 Å². The highest BCUT2D eigenvalue weighted by atomic mass is 79.9. The SMILES string of the molecule is C=CC(=O)OC(C)Oc1ccc(Br)c(Br)c1Br. The van der Waals surface area contributed by atoms with Crippen molar-refractivity contribution >= 4 is 53.8 Å². The highest BCUT2D eigenvalue weighted by molar-refractivity contribution is 9.14. The van der Waals surface area contributed by atoms with E-state index in [-0.39, 0.29) is 0 Å². The van der Waals surface area contributed by atoms with Gasteiger partial charge in [-0.05, 0) is 59.9 Å². The lowest BCUT2D eigenvalue weighted by Crippen LogP contribution is -2.19. The maximum atomic E-state index is 11.0. The van der Waals surface area contributed by atoms with E-state index in [0.29, 0.717) is 5.75 Å². The van der Waals surface area contributed by atoms with Crippen LogP contribution in [-0.2, 0) is 9.53 Å². The lowest BCUT2D eigenvalue weighted by molar-refractivity contribution is -0.155. The van der Waals surface area contributed by atoms with Gasteiger partial charge in [0.25, 0.3) is 0 Å². The normalized spacial score (nSPS) is 11.8. The molecule has 1 rings (SSSR count). The predicted molar refractivity (Wildman–Crippen MR) is 75.9 cm³/mol. The standard InChI is InChI=1S/C11H9Br3O3/c1-3-9(15)17-6(2)16-8-5-4-7(12)10(13)11(8)14/h3-6H,1H2,2H3. The fourth-order valence-corrected chi connectivity index (χ4v) is 2.38. The Bertz CT molecular complexity index is 446. The largest absolute Gasteiger partial charge is 0.454 e. The lowest BCUT2D eigenvalue weighted by Gasteiger charge is -2.16. The Kier molecular flexibility index (Phi) is 5.69. The van der Waals surface area contributed by atoms with E-state index in [1.165, 1.54) is 0 Å². The summed E-state index contributed by atoms with van der Waals surface area (Å²) in [6.45, 7) is 4.94. The fraction of sp³-hybridized carbons (Fsp3) is 0.182. The molecule has 0 amide bonds. The first-order chi connectivity index (χ1) is 7.95. The van der Waals surface area contributed by atoms with Crippen LogP contribution in [-0.4, -0.2) is 12.3 Å². The molecule has 0 N–H and O–H groups in total. The monoisotopic (exact) mass is 426 g/mol. The van der Waals surface area contributed by atoms with Crippen molar-refractivity contribution < 1.29 is 14.3 Å². The summed E-state index contributed by atoms with van der Waals surface area (Å²) in [6.07, 6.45) is 0.400. The number of rotatable bonds is 4. The molecule has 0 saturated carbocycles. The van der Waals surface area contributed by atoms with Crippen molar-refractivity contribution in [1.29, 1.82) is 0 Å². The molecule has 0 heterocycles. The Balaban J connectivity index is 2.78. The lowest BCUT2D eigenvalue weighted by atomic mass is 10.3. The van der Waals surface area contributed by atoms with Crippen LogP contribution in [0.2, 0.25) is 0 Å². The maximum Gasteiger partial charge on any atom is 0.333 e. The van der Waals surface area contributed by atoms with Crippen LogP contribution in [0.4, 0.5) is 0 Å². The van der Waals surface area contributed by atoms with Gasteiger partial charge in [0.1, 0.15) is 5.75 Å². The van der Waals surface area contributed by atoms with Gasteiger partial charge in [0.05, 0.1) is 4.47 Å². The number of carbonyl (C=O) groups excluding carboxylic acids is 1. The smallest absolute Gasteiger partial charge is 0.333 e. The van der Waals surface area contributed by atoms with Gasteiger partial charge < -0.3 is 9.47 Å². The molecule has 0 aromatic heterocycles. The van der Waals surface area contributed by atoms with Crippen molar-refractivity contribution in [2.45, 2.75) is 13.2 Å². The van der Waals surface area contributed by atoms with E-state index in [9.17, 15) is 4.79 Å². The summed E-state index contributed by atoms with van der Waals surface area (Å²) in [5, 5.41) is 0. The fourth-order valence-electron chi connectivity index (χ4n) is 1.01. The molecule has 3 nitrogen and oxygen atoms in total. The van der Waals surface area contributed by atoms with Crippen molar-refractivity contribution in [3.05, 3.63) is 38.2 Å². The van der Waals surface area contributed by atoms with Gasteiger partial charge in [-0.1, -0.05) is 6.58 Å². The average molecular weight is 429 g/mol. The zero-order valence-corrected chi connectivity index (χ0v) is 13.6. The number of benzene rings is 1. The molecule has 0 radical (unpaired) electrons. The Morgan fingerprint density at radius 1 is 1.35 bits per heavy atom. The molecule has 1 aromatic rings. The Morgan fingerprint density at radius 3 is 2.59 bits per heavy atom. The molecule has 0 fully saturated rings. The second-order valence-corrected chi connectivity index (χ2v) is 5.44. The Morgan fingerprint density at radius 2 is 2.00 bits per heavy atom. The zero-order chi connectivity index (χ0) is 13.0. The summed E-state index contributed by atoms with van der Waals surface area (Å²) < 4.78 is 12.8.